The van der Waals surface area contributed by atoms with E-state index in [0.717, 1.165) is 0 Å². The van der Waals surface area contributed by atoms with Gasteiger partial charge in [0.2, 0.25) is 11.8 Å². The summed E-state index contributed by atoms with van der Waals surface area (Å²) in [5, 5.41) is 9.31. The van der Waals surface area contributed by atoms with Crippen LogP contribution in [0, 0.1) is 0 Å². The first-order chi connectivity index (χ1) is 14.3. The smallest absolute Gasteiger partial charge is 0.275 e. The Hall–Kier alpha value is -3.84. The van der Waals surface area contributed by atoms with Gasteiger partial charge in [0.25, 0.3) is 5.91 Å². The summed E-state index contributed by atoms with van der Waals surface area (Å²) in [5.74, 6) is 0.135. The van der Waals surface area contributed by atoms with Crippen molar-refractivity contribution in [3.05, 3.63) is 47.4 Å². The lowest BCUT2D eigenvalue weighted by molar-refractivity contribution is -0.118. The van der Waals surface area contributed by atoms with Crippen molar-refractivity contribution in [1.29, 1.82) is 0 Å². The second kappa shape index (κ2) is 10.6. The van der Waals surface area contributed by atoms with Crippen LogP contribution in [-0.4, -0.2) is 37.7 Å². The number of benzene rings is 1. The van der Waals surface area contributed by atoms with Crippen LogP contribution in [0.5, 0.6) is 11.5 Å². The zero-order chi connectivity index (χ0) is 22.1. The summed E-state index contributed by atoms with van der Waals surface area (Å²) in [6, 6.07) is 5.04. The van der Waals surface area contributed by atoms with Crippen LogP contribution in [-0.2, 0) is 14.4 Å². The molecule has 0 bridgehead atoms. The normalized spacial score (nSPS) is 13.0. The van der Waals surface area contributed by atoms with E-state index in [1.165, 1.54) is 20.1 Å². The Morgan fingerprint density at radius 3 is 2.50 bits per heavy atom. The Bertz CT molecular complexity index is 972. The lowest BCUT2D eigenvalue weighted by Crippen LogP contribution is -2.24. The molecule has 30 heavy (non-hydrogen) atoms. The largest absolute Gasteiger partial charge is 0.497 e. The molecule has 3 N–H and O–H groups in total. The van der Waals surface area contributed by atoms with Gasteiger partial charge in [0, 0.05) is 36.9 Å². The van der Waals surface area contributed by atoms with Crippen molar-refractivity contribution in [2.45, 2.75) is 26.7 Å². The summed E-state index contributed by atoms with van der Waals surface area (Å²) in [6.07, 6.45) is 3.52. The monoisotopic (exact) mass is 412 g/mol. The fourth-order valence-electron chi connectivity index (χ4n) is 2.53. The molecule has 0 heterocycles. The highest BCUT2D eigenvalue weighted by molar-refractivity contribution is 6.06. The highest BCUT2D eigenvalue weighted by Crippen LogP contribution is 2.29. The molecule has 1 aromatic carbocycles. The topological polar surface area (TPSA) is 118 Å². The van der Waals surface area contributed by atoms with Gasteiger partial charge in [-0.05, 0) is 19.1 Å². The van der Waals surface area contributed by atoms with Gasteiger partial charge >= 0.3 is 0 Å². The van der Waals surface area contributed by atoms with Crippen molar-refractivity contribution < 1.29 is 23.9 Å². The molecule has 0 saturated carbocycles. The first kappa shape index (κ1) is 22.4. The Morgan fingerprint density at radius 2 is 1.90 bits per heavy atom. The highest BCUT2D eigenvalue weighted by atomic mass is 16.5. The van der Waals surface area contributed by atoms with Gasteiger partial charge in [-0.2, -0.15) is 5.10 Å². The number of ether oxygens (including phenoxy) is 2. The van der Waals surface area contributed by atoms with E-state index in [2.05, 4.69) is 26.9 Å². The van der Waals surface area contributed by atoms with Crippen molar-refractivity contribution in [2.24, 2.45) is 5.10 Å². The average molecular weight is 412 g/mol. The molecule has 9 heteroatoms. The number of anilines is 1. The third-order valence-electron chi connectivity index (χ3n) is 3.97. The lowest BCUT2D eigenvalue weighted by Gasteiger charge is -2.11. The molecule has 0 saturated heterocycles. The number of nitrogens with zero attached hydrogens (tertiary/aromatic N) is 1. The predicted molar refractivity (Wildman–Crippen MR) is 112 cm³/mol. The number of hydrazone groups is 1. The Balaban J connectivity index is 1.91. The third-order valence-corrected chi connectivity index (χ3v) is 3.97. The van der Waals surface area contributed by atoms with Crippen LogP contribution in [0.2, 0.25) is 0 Å². The van der Waals surface area contributed by atoms with Gasteiger partial charge in [0.15, 0.2) is 0 Å². The number of carbonyl (C=O) groups is 3. The maximum atomic E-state index is 12.3. The number of amides is 3. The first-order valence-electron chi connectivity index (χ1n) is 9.11. The molecular weight excluding hydrogens is 388 g/mol. The summed E-state index contributed by atoms with van der Waals surface area (Å²) in [6.45, 7) is 3.03. The first-order valence-corrected chi connectivity index (χ1v) is 9.11. The zero-order valence-electron chi connectivity index (χ0n) is 17.3. The number of carbonyl (C=O) groups excluding carboxylic acids is 3. The molecule has 9 nitrogen and oxygen atoms in total. The van der Waals surface area contributed by atoms with Gasteiger partial charge in [-0.1, -0.05) is 6.08 Å². The third kappa shape index (κ3) is 6.65. The molecule has 0 atom stereocenters. The maximum absolute atomic E-state index is 12.3. The minimum atomic E-state index is -0.430. The molecule has 0 spiro atoms. The zero-order valence-corrected chi connectivity index (χ0v) is 17.3. The van der Waals surface area contributed by atoms with E-state index in [4.69, 9.17) is 9.47 Å². The van der Waals surface area contributed by atoms with Gasteiger partial charge in [0.05, 0.1) is 31.9 Å². The van der Waals surface area contributed by atoms with E-state index in [1.807, 2.05) is 0 Å². The van der Waals surface area contributed by atoms with Crippen LogP contribution >= 0.6 is 0 Å². The van der Waals surface area contributed by atoms with Crippen molar-refractivity contribution >= 4 is 29.1 Å². The van der Waals surface area contributed by atoms with Crippen LogP contribution in [0.4, 0.5) is 5.69 Å². The van der Waals surface area contributed by atoms with Crippen molar-refractivity contribution in [2.75, 3.05) is 19.5 Å². The number of hydrogen-bond donors (Lipinski definition) is 3. The molecule has 0 aliphatic heterocycles. The van der Waals surface area contributed by atoms with Gasteiger partial charge in [-0.15, -0.1) is 5.73 Å². The SMILES string of the molecule is COc1ccc(NC(=O)CC(C)=NNC(=O)C2=C=CC(NC(C)=O)=CC2)c(OC)c1. The van der Waals surface area contributed by atoms with Crippen molar-refractivity contribution in [3.8, 4) is 11.5 Å². The fraction of sp³-hybridized carbons (Fsp3) is 0.286. The van der Waals surface area contributed by atoms with Gasteiger partial charge in [0.1, 0.15) is 11.5 Å². The van der Waals surface area contributed by atoms with Crippen LogP contribution in [0.25, 0.3) is 0 Å². The van der Waals surface area contributed by atoms with Crippen LogP contribution in [0.3, 0.4) is 0 Å². The van der Waals surface area contributed by atoms with Gasteiger partial charge < -0.3 is 20.1 Å². The minimum absolute atomic E-state index is 0.0169. The Kier molecular flexibility index (Phi) is 7.96. The molecule has 0 radical (unpaired) electrons. The number of allylic oxidation sites excluding steroid dienone is 2. The van der Waals surface area contributed by atoms with Gasteiger partial charge in [-0.25, -0.2) is 5.43 Å². The highest BCUT2D eigenvalue weighted by Gasteiger charge is 2.13. The van der Waals surface area contributed by atoms with Crippen LogP contribution < -0.4 is 25.5 Å². The van der Waals surface area contributed by atoms with E-state index < -0.39 is 5.91 Å². The molecule has 3 amide bonds. The average Bonchev–Trinajstić information content (AvgIpc) is 2.72. The van der Waals surface area contributed by atoms with Crippen molar-refractivity contribution in [3.63, 3.8) is 0 Å². The number of nitrogens with one attached hydrogen (secondary N) is 3. The maximum Gasteiger partial charge on any atom is 0.275 e. The summed E-state index contributed by atoms with van der Waals surface area (Å²) in [7, 11) is 3.04. The number of hydrogen-bond acceptors (Lipinski definition) is 6. The number of methoxy groups -OCH3 is 2. The van der Waals surface area contributed by atoms with Crippen LogP contribution in [0.15, 0.2) is 52.5 Å². The summed E-state index contributed by atoms with van der Waals surface area (Å²) in [4.78, 5) is 35.5. The van der Waals surface area contributed by atoms with Crippen molar-refractivity contribution in [1.82, 2.24) is 10.7 Å². The van der Waals surface area contributed by atoms with Gasteiger partial charge in [-0.3, -0.25) is 14.4 Å². The standard InChI is InChI=1S/C21H24N4O5/c1-13(11-20(27)23-18-10-9-17(29-3)12-19(18)30-4)24-25-21(28)15-5-7-16(8-6-15)22-14(2)26/h7-10,12H,5,11H2,1-4H3,(H,22,26)(H,23,27)(H,25,28). The molecule has 0 aromatic heterocycles. The summed E-state index contributed by atoms with van der Waals surface area (Å²) in [5.41, 5.74) is 7.10. The minimum Gasteiger partial charge on any atom is -0.497 e. The van der Waals surface area contributed by atoms with E-state index in [-0.39, 0.29) is 18.2 Å². The molecule has 158 valence electrons. The molecule has 0 fully saturated rings. The second-order valence-electron chi connectivity index (χ2n) is 6.39. The van der Waals surface area contributed by atoms with E-state index in [9.17, 15) is 14.4 Å². The van der Waals surface area contributed by atoms with Crippen LogP contribution in [0.1, 0.15) is 26.7 Å². The molecule has 1 aromatic rings. The molecule has 2 rings (SSSR count). The lowest BCUT2D eigenvalue weighted by atomic mass is 10.1. The predicted octanol–water partition coefficient (Wildman–Crippen LogP) is 2.03. The van der Waals surface area contributed by atoms with E-state index in [0.29, 0.717) is 40.6 Å². The molecule has 0 unspecified atom stereocenters. The summed E-state index contributed by atoms with van der Waals surface area (Å²) < 4.78 is 10.4. The fourth-order valence-corrected chi connectivity index (χ4v) is 2.53. The summed E-state index contributed by atoms with van der Waals surface area (Å²) >= 11 is 0. The number of rotatable bonds is 8. The van der Waals surface area contributed by atoms with E-state index in [1.54, 1.807) is 38.3 Å². The Labute approximate surface area is 174 Å². The quantitative estimate of drug-likeness (QED) is 0.343. The van der Waals surface area contributed by atoms with E-state index >= 15 is 0 Å². The molecular formula is C21H24N4O5. The Morgan fingerprint density at radius 1 is 1.13 bits per heavy atom. The second-order valence-corrected chi connectivity index (χ2v) is 6.39. The molecule has 1 aliphatic rings. The molecule has 1 aliphatic carbocycles.